The van der Waals surface area contributed by atoms with Gasteiger partial charge in [-0.15, -0.1) is 0 Å². The van der Waals surface area contributed by atoms with E-state index < -0.39 is 0 Å². The van der Waals surface area contributed by atoms with E-state index in [0.29, 0.717) is 22.2 Å². The molecule has 1 saturated heterocycles. The molecule has 0 aromatic heterocycles. The van der Waals surface area contributed by atoms with Gasteiger partial charge in [0.15, 0.2) is 0 Å². The first kappa shape index (κ1) is 18.7. The van der Waals surface area contributed by atoms with E-state index in [-0.39, 0.29) is 11.9 Å². The fourth-order valence-corrected chi connectivity index (χ4v) is 3.34. The Morgan fingerprint density at radius 3 is 2.96 bits per heavy atom. The van der Waals surface area contributed by atoms with Gasteiger partial charge in [-0.1, -0.05) is 11.6 Å². The number of hydrogen-bond donors (Lipinski definition) is 1. The molecule has 1 aliphatic heterocycles. The third-order valence-corrected chi connectivity index (χ3v) is 4.98. The average molecular weight is 349 g/mol. The molecule has 1 aromatic carbocycles. The summed E-state index contributed by atoms with van der Waals surface area (Å²) in [5.41, 5.74) is 1.02. The number of nitriles is 1. The van der Waals surface area contributed by atoms with Crippen LogP contribution >= 0.6 is 11.6 Å². The van der Waals surface area contributed by atoms with Gasteiger partial charge in [0, 0.05) is 18.8 Å². The van der Waals surface area contributed by atoms with Crippen LogP contribution in [0.2, 0.25) is 5.02 Å². The molecular formula is C18H25ClN4O. The number of hydrogen-bond acceptors (Lipinski definition) is 4. The Morgan fingerprint density at radius 1 is 1.58 bits per heavy atom. The van der Waals surface area contributed by atoms with Crippen molar-refractivity contribution in [3.05, 3.63) is 28.8 Å². The molecule has 0 bridgehead atoms. The van der Waals surface area contributed by atoms with Gasteiger partial charge >= 0.3 is 0 Å². The van der Waals surface area contributed by atoms with Crippen molar-refractivity contribution < 1.29 is 4.79 Å². The highest BCUT2D eigenvalue weighted by molar-refractivity contribution is 6.32. The molecule has 0 aliphatic carbocycles. The minimum atomic E-state index is -0.230. The number of halogens is 1. The lowest BCUT2D eigenvalue weighted by molar-refractivity contribution is -0.120. The van der Waals surface area contributed by atoms with E-state index in [1.54, 1.807) is 18.2 Å². The van der Waals surface area contributed by atoms with Crippen molar-refractivity contribution in [1.29, 1.82) is 5.26 Å². The van der Waals surface area contributed by atoms with Crippen molar-refractivity contribution in [1.82, 2.24) is 9.80 Å². The molecule has 6 heteroatoms. The van der Waals surface area contributed by atoms with Crippen molar-refractivity contribution in [2.24, 2.45) is 5.92 Å². The number of amides is 1. The lowest BCUT2D eigenvalue weighted by atomic mass is 9.97. The number of anilines is 1. The molecule has 1 aromatic rings. The van der Waals surface area contributed by atoms with Crippen LogP contribution in [0, 0.1) is 17.2 Å². The largest absolute Gasteiger partial charge is 0.325 e. The van der Waals surface area contributed by atoms with Crippen LogP contribution in [0.1, 0.15) is 25.3 Å². The van der Waals surface area contributed by atoms with Gasteiger partial charge < -0.3 is 10.2 Å². The highest BCUT2D eigenvalue weighted by atomic mass is 35.5. The number of nitrogens with one attached hydrogen (secondary N) is 1. The number of likely N-dealkylation sites (N-methyl/N-ethyl adjacent to an activating group) is 1. The van der Waals surface area contributed by atoms with Crippen molar-refractivity contribution in [2.45, 2.75) is 25.8 Å². The second-order valence-corrected chi connectivity index (χ2v) is 7.09. The number of carbonyl (C=O) groups excluding carboxylic acids is 1. The Kier molecular flexibility index (Phi) is 6.61. The van der Waals surface area contributed by atoms with Crippen LogP contribution in [-0.2, 0) is 4.79 Å². The summed E-state index contributed by atoms with van der Waals surface area (Å²) in [6.45, 7) is 5.07. The molecule has 0 spiro atoms. The molecule has 2 rings (SSSR count). The first-order valence-corrected chi connectivity index (χ1v) is 8.67. The maximum atomic E-state index is 12.5. The highest BCUT2D eigenvalue weighted by Crippen LogP contribution is 2.21. The normalized spacial score (nSPS) is 19.8. The van der Waals surface area contributed by atoms with Crippen LogP contribution in [0.15, 0.2) is 18.2 Å². The van der Waals surface area contributed by atoms with Gasteiger partial charge in [-0.2, -0.15) is 5.26 Å². The molecule has 130 valence electrons. The zero-order chi connectivity index (χ0) is 17.7. The minimum Gasteiger partial charge on any atom is -0.325 e. The first-order chi connectivity index (χ1) is 11.4. The van der Waals surface area contributed by atoms with Gasteiger partial charge in [0.2, 0.25) is 5.91 Å². The molecular weight excluding hydrogens is 324 g/mol. The number of piperidine rings is 1. The Morgan fingerprint density at radius 2 is 2.33 bits per heavy atom. The van der Waals surface area contributed by atoms with Crippen LogP contribution in [0.5, 0.6) is 0 Å². The van der Waals surface area contributed by atoms with Crippen LogP contribution in [0.4, 0.5) is 5.69 Å². The van der Waals surface area contributed by atoms with Gasteiger partial charge in [0.05, 0.1) is 16.6 Å². The van der Waals surface area contributed by atoms with Gasteiger partial charge in [-0.25, -0.2) is 0 Å². The lowest BCUT2D eigenvalue weighted by Crippen LogP contribution is -2.45. The number of nitrogens with zero attached hydrogens (tertiary/aromatic N) is 3. The second-order valence-electron chi connectivity index (χ2n) is 6.68. The van der Waals surface area contributed by atoms with E-state index in [4.69, 9.17) is 16.9 Å². The molecule has 2 atom stereocenters. The molecule has 1 aliphatic rings. The number of likely N-dealkylation sites (tertiary alicyclic amines) is 1. The highest BCUT2D eigenvalue weighted by Gasteiger charge is 2.24. The summed E-state index contributed by atoms with van der Waals surface area (Å²) in [7, 11) is 4.14. The maximum Gasteiger partial charge on any atom is 0.241 e. The zero-order valence-corrected chi connectivity index (χ0v) is 15.3. The standard InChI is InChI=1S/C18H25ClN4O/c1-13(23(3)12-14-5-4-8-22(2)11-14)18(24)21-16-7-6-15(10-20)17(19)9-16/h6-7,9,13-14H,4-5,8,11-12H2,1-3H3,(H,21,24)/t13-,14+/m0/s1. The third-order valence-electron chi connectivity index (χ3n) is 4.67. The fourth-order valence-electron chi connectivity index (χ4n) is 3.12. The van der Waals surface area contributed by atoms with E-state index in [0.717, 1.165) is 19.6 Å². The van der Waals surface area contributed by atoms with Gasteiger partial charge in [0.25, 0.3) is 0 Å². The topological polar surface area (TPSA) is 59.4 Å². The summed E-state index contributed by atoms with van der Waals surface area (Å²) < 4.78 is 0. The smallest absolute Gasteiger partial charge is 0.241 e. The maximum absolute atomic E-state index is 12.5. The zero-order valence-electron chi connectivity index (χ0n) is 14.6. The summed E-state index contributed by atoms with van der Waals surface area (Å²) in [6, 6.07) is 6.71. The summed E-state index contributed by atoms with van der Waals surface area (Å²) in [5.74, 6) is 0.538. The minimum absolute atomic E-state index is 0.0672. The molecule has 0 unspecified atom stereocenters. The molecule has 1 fully saturated rings. The molecule has 1 heterocycles. The molecule has 0 saturated carbocycles. The Balaban J connectivity index is 1.91. The van der Waals surface area contributed by atoms with Crippen LogP contribution in [0.3, 0.4) is 0 Å². The number of rotatable bonds is 5. The first-order valence-electron chi connectivity index (χ1n) is 8.30. The summed E-state index contributed by atoms with van der Waals surface area (Å²) in [6.07, 6.45) is 2.44. The predicted octanol–water partition coefficient (Wildman–Crippen LogP) is 2.81. The molecule has 1 N–H and O–H groups in total. The quantitative estimate of drug-likeness (QED) is 0.888. The van der Waals surface area contributed by atoms with Crippen LogP contribution in [-0.4, -0.2) is 55.5 Å². The van der Waals surface area contributed by atoms with E-state index >= 15 is 0 Å². The SMILES string of the molecule is C[C@@H](C(=O)Nc1ccc(C#N)c(Cl)c1)N(C)C[C@@H]1CCCN(C)C1. The number of carbonyl (C=O) groups is 1. The van der Waals surface area contributed by atoms with E-state index in [2.05, 4.69) is 22.2 Å². The monoisotopic (exact) mass is 348 g/mol. The fraction of sp³-hybridized carbons (Fsp3) is 0.556. The van der Waals surface area contributed by atoms with Gasteiger partial charge in [-0.3, -0.25) is 9.69 Å². The third kappa shape index (κ3) is 4.94. The Labute approximate surface area is 149 Å². The average Bonchev–Trinajstić information content (AvgIpc) is 2.54. The summed E-state index contributed by atoms with van der Waals surface area (Å²) in [4.78, 5) is 16.9. The van der Waals surface area contributed by atoms with E-state index in [1.807, 2.05) is 20.0 Å². The van der Waals surface area contributed by atoms with E-state index in [9.17, 15) is 4.79 Å². The van der Waals surface area contributed by atoms with Crippen molar-refractivity contribution >= 4 is 23.2 Å². The summed E-state index contributed by atoms with van der Waals surface area (Å²) in [5, 5.41) is 12.1. The Hall–Kier alpha value is -1.61. The van der Waals surface area contributed by atoms with E-state index in [1.165, 1.54) is 12.8 Å². The van der Waals surface area contributed by atoms with Crippen LogP contribution in [0.25, 0.3) is 0 Å². The summed E-state index contributed by atoms with van der Waals surface area (Å²) >= 11 is 6.01. The molecule has 5 nitrogen and oxygen atoms in total. The van der Waals surface area contributed by atoms with Crippen molar-refractivity contribution in [3.63, 3.8) is 0 Å². The van der Waals surface area contributed by atoms with Gasteiger partial charge in [-0.05, 0) is 64.5 Å². The molecule has 1 amide bonds. The van der Waals surface area contributed by atoms with Crippen LogP contribution < -0.4 is 5.32 Å². The Bertz CT molecular complexity index is 628. The molecule has 24 heavy (non-hydrogen) atoms. The van der Waals surface area contributed by atoms with Crippen molar-refractivity contribution in [2.75, 3.05) is 39.0 Å². The number of benzene rings is 1. The predicted molar refractivity (Wildman–Crippen MR) is 97.1 cm³/mol. The second kappa shape index (κ2) is 8.48. The van der Waals surface area contributed by atoms with Gasteiger partial charge in [0.1, 0.15) is 6.07 Å². The molecule has 0 radical (unpaired) electrons. The lowest BCUT2D eigenvalue weighted by Gasteiger charge is -2.34. The van der Waals surface area contributed by atoms with Crippen molar-refractivity contribution in [3.8, 4) is 6.07 Å².